The lowest BCUT2D eigenvalue weighted by molar-refractivity contribution is 0.127. The minimum Gasteiger partial charge on any atom is -0.296 e. The Balaban J connectivity index is 1.57. The first-order chi connectivity index (χ1) is 11.7. The van der Waals surface area contributed by atoms with Gasteiger partial charge in [-0.2, -0.15) is 4.31 Å². The quantitative estimate of drug-likeness (QED) is 0.843. The number of sulfonamides is 1. The summed E-state index contributed by atoms with van der Waals surface area (Å²) in [7, 11) is -3.35. The van der Waals surface area contributed by atoms with Gasteiger partial charge in [0.15, 0.2) is 0 Å². The molecule has 2 saturated heterocycles. The Kier molecular flexibility index (Phi) is 4.67. The van der Waals surface area contributed by atoms with Gasteiger partial charge >= 0.3 is 0 Å². The summed E-state index contributed by atoms with van der Waals surface area (Å²) < 4.78 is 27.8. The van der Waals surface area contributed by atoms with Crippen molar-refractivity contribution in [2.75, 3.05) is 19.6 Å². The van der Waals surface area contributed by atoms with Crippen molar-refractivity contribution in [2.24, 2.45) is 5.92 Å². The molecule has 1 saturated carbocycles. The minimum absolute atomic E-state index is 0.425. The van der Waals surface area contributed by atoms with Crippen LogP contribution < -0.4 is 0 Å². The second-order valence-electron chi connectivity index (χ2n) is 7.63. The molecule has 132 valence electrons. The maximum absolute atomic E-state index is 13.0. The van der Waals surface area contributed by atoms with Crippen LogP contribution in [0.25, 0.3) is 0 Å². The normalized spacial score (nSPS) is 30.3. The molecule has 24 heavy (non-hydrogen) atoms. The molecule has 4 nitrogen and oxygen atoms in total. The fourth-order valence-electron chi connectivity index (χ4n) is 4.97. The molecule has 1 aromatic rings. The standard InChI is InChI=1S/C19H28N2O2S/c22-24(23,18-11-2-1-3-12-18)20-14-16-8-6-7-13-21(19(16)15-20)17-9-4-5-10-17/h1-3,11-12,16-17,19H,4-10,13-15H2/t16-,19+/m0/s1. The first kappa shape index (κ1) is 16.6. The fourth-order valence-corrected chi connectivity index (χ4v) is 6.50. The van der Waals surface area contributed by atoms with Gasteiger partial charge in [-0.05, 0) is 50.3 Å². The van der Waals surface area contributed by atoms with Crippen LogP contribution in [0.5, 0.6) is 0 Å². The Morgan fingerprint density at radius 2 is 1.58 bits per heavy atom. The van der Waals surface area contributed by atoms with E-state index in [1.54, 1.807) is 16.4 Å². The maximum Gasteiger partial charge on any atom is 0.243 e. The number of fused-ring (bicyclic) bond motifs is 1. The zero-order valence-electron chi connectivity index (χ0n) is 14.3. The van der Waals surface area contributed by atoms with E-state index >= 15 is 0 Å². The van der Waals surface area contributed by atoms with E-state index < -0.39 is 10.0 Å². The molecule has 5 heteroatoms. The highest BCUT2D eigenvalue weighted by atomic mass is 32.2. The van der Waals surface area contributed by atoms with Crippen LogP contribution in [0.1, 0.15) is 44.9 Å². The van der Waals surface area contributed by atoms with Crippen molar-refractivity contribution in [3.05, 3.63) is 30.3 Å². The van der Waals surface area contributed by atoms with Gasteiger partial charge in [0.2, 0.25) is 10.0 Å². The van der Waals surface area contributed by atoms with Gasteiger partial charge in [0.05, 0.1) is 4.90 Å². The van der Waals surface area contributed by atoms with Crippen LogP contribution in [-0.4, -0.2) is 49.3 Å². The smallest absolute Gasteiger partial charge is 0.243 e. The molecule has 0 bridgehead atoms. The largest absolute Gasteiger partial charge is 0.296 e. The predicted octanol–water partition coefficient (Wildman–Crippen LogP) is 3.10. The van der Waals surface area contributed by atoms with Crippen LogP contribution in [0.15, 0.2) is 35.2 Å². The van der Waals surface area contributed by atoms with Crippen LogP contribution >= 0.6 is 0 Å². The summed E-state index contributed by atoms with van der Waals surface area (Å²) in [6.07, 6.45) is 8.96. The lowest BCUT2D eigenvalue weighted by atomic mass is 9.97. The maximum atomic E-state index is 13.0. The number of rotatable bonds is 3. The zero-order chi connectivity index (χ0) is 16.6. The van der Waals surface area contributed by atoms with Crippen molar-refractivity contribution in [3.63, 3.8) is 0 Å². The summed E-state index contributed by atoms with van der Waals surface area (Å²) in [4.78, 5) is 3.12. The Labute approximate surface area is 145 Å². The lowest BCUT2D eigenvalue weighted by Crippen LogP contribution is -2.46. The Morgan fingerprint density at radius 3 is 2.33 bits per heavy atom. The van der Waals surface area contributed by atoms with Gasteiger partial charge in [-0.15, -0.1) is 0 Å². The summed E-state index contributed by atoms with van der Waals surface area (Å²) in [5.41, 5.74) is 0. The fraction of sp³-hybridized carbons (Fsp3) is 0.684. The first-order valence-corrected chi connectivity index (χ1v) is 10.9. The molecule has 0 N–H and O–H groups in total. The molecule has 1 aromatic carbocycles. The number of benzene rings is 1. The Bertz CT molecular complexity index is 655. The molecule has 3 aliphatic rings. The average Bonchev–Trinajstić information content (AvgIpc) is 3.23. The van der Waals surface area contributed by atoms with E-state index in [4.69, 9.17) is 0 Å². The second kappa shape index (κ2) is 6.77. The van der Waals surface area contributed by atoms with E-state index in [1.165, 1.54) is 44.9 Å². The summed E-state index contributed by atoms with van der Waals surface area (Å²) in [6.45, 7) is 2.54. The van der Waals surface area contributed by atoms with Crippen molar-refractivity contribution in [2.45, 2.75) is 61.9 Å². The van der Waals surface area contributed by atoms with Gasteiger partial charge in [-0.25, -0.2) is 8.42 Å². The molecule has 0 spiro atoms. The van der Waals surface area contributed by atoms with E-state index in [0.29, 0.717) is 36.0 Å². The van der Waals surface area contributed by atoms with E-state index in [-0.39, 0.29) is 0 Å². The highest BCUT2D eigenvalue weighted by molar-refractivity contribution is 7.89. The van der Waals surface area contributed by atoms with E-state index in [9.17, 15) is 8.42 Å². The zero-order valence-corrected chi connectivity index (χ0v) is 15.1. The van der Waals surface area contributed by atoms with Crippen molar-refractivity contribution in [1.29, 1.82) is 0 Å². The highest BCUT2D eigenvalue weighted by Gasteiger charge is 2.44. The van der Waals surface area contributed by atoms with Crippen LogP contribution in [0, 0.1) is 5.92 Å². The monoisotopic (exact) mass is 348 g/mol. The van der Waals surface area contributed by atoms with Gasteiger partial charge in [0, 0.05) is 25.2 Å². The number of likely N-dealkylation sites (tertiary alicyclic amines) is 1. The summed E-state index contributed by atoms with van der Waals surface area (Å²) in [5.74, 6) is 0.506. The molecule has 2 aliphatic heterocycles. The summed E-state index contributed by atoms with van der Waals surface area (Å²) in [6, 6.07) is 10.0. The Morgan fingerprint density at radius 1 is 0.875 bits per heavy atom. The lowest BCUT2D eigenvalue weighted by Gasteiger charge is -2.35. The van der Waals surface area contributed by atoms with Crippen molar-refractivity contribution < 1.29 is 8.42 Å². The molecule has 0 aromatic heterocycles. The molecule has 2 heterocycles. The van der Waals surface area contributed by atoms with Crippen LogP contribution in [0.2, 0.25) is 0 Å². The highest BCUT2D eigenvalue weighted by Crippen LogP contribution is 2.37. The van der Waals surface area contributed by atoms with E-state index in [1.807, 2.05) is 18.2 Å². The average molecular weight is 349 g/mol. The second-order valence-corrected chi connectivity index (χ2v) is 9.57. The number of hydrogen-bond donors (Lipinski definition) is 0. The molecular formula is C19H28N2O2S. The van der Waals surface area contributed by atoms with Gasteiger partial charge in [-0.3, -0.25) is 4.90 Å². The molecular weight excluding hydrogens is 320 g/mol. The summed E-state index contributed by atoms with van der Waals surface area (Å²) >= 11 is 0. The van der Waals surface area contributed by atoms with E-state index in [2.05, 4.69) is 4.90 Å². The Hall–Kier alpha value is -0.910. The SMILES string of the molecule is O=S(=O)(c1ccccc1)N1C[C@@H]2CCCCN(C3CCCC3)[C@@H]2C1. The first-order valence-electron chi connectivity index (χ1n) is 9.47. The third kappa shape index (κ3) is 3.02. The molecule has 0 amide bonds. The molecule has 1 aliphatic carbocycles. The van der Waals surface area contributed by atoms with Crippen LogP contribution in [-0.2, 0) is 10.0 Å². The predicted molar refractivity (Wildman–Crippen MR) is 95.3 cm³/mol. The molecule has 4 rings (SSSR count). The molecule has 2 atom stereocenters. The van der Waals surface area contributed by atoms with Crippen molar-refractivity contribution in [3.8, 4) is 0 Å². The number of hydrogen-bond acceptors (Lipinski definition) is 3. The van der Waals surface area contributed by atoms with Gasteiger partial charge in [0.25, 0.3) is 0 Å². The topological polar surface area (TPSA) is 40.6 Å². The third-order valence-electron chi connectivity index (χ3n) is 6.21. The third-order valence-corrected chi connectivity index (χ3v) is 8.06. The van der Waals surface area contributed by atoms with Crippen molar-refractivity contribution in [1.82, 2.24) is 9.21 Å². The van der Waals surface area contributed by atoms with Gasteiger partial charge < -0.3 is 0 Å². The number of nitrogens with zero attached hydrogens (tertiary/aromatic N) is 2. The molecule has 3 fully saturated rings. The van der Waals surface area contributed by atoms with Gasteiger partial charge in [0.1, 0.15) is 0 Å². The van der Waals surface area contributed by atoms with E-state index in [0.717, 1.165) is 6.54 Å². The van der Waals surface area contributed by atoms with Crippen molar-refractivity contribution >= 4 is 10.0 Å². The molecule has 0 radical (unpaired) electrons. The van der Waals surface area contributed by atoms with Crippen LogP contribution in [0.3, 0.4) is 0 Å². The summed E-state index contributed by atoms with van der Waals surface area (Å²) in [5, 5.41) is 0. The molecule has 0 unspecified atom stereocenters. The van der Waals surface area contributed by atoms with Gasteiger partial charge in [-0.1, -0.05) is 37.5 Å². The minimum atomic E-state index is -3.35. The van der Waals surface area contributed by atoms with Crippen LogP contribution in [0.4, 0.5) is 0 Å².